The van der Waals surface area contributed by atoms with E-state index in [0.717, 1.165) is 6.61 Å². The summed E-state index contributed by atoms with van der Waals surface area (Å²) in [4.78, 5) is 0. The van der Waals surface area contributed by atoms with Crippen LogP contribution in [-0.4, -0.2) is 109 Å². The van der Waals surface area contributed by atoms with Crippen molar-refractivity contribution in [3.63, 3.8) is 0 Å². The second-order valence-corrected chi connectivity index (χ2v) is 7.62. The van der Waals surface area contributed by atoms with Crippen LogP contribution in [0.3, 0.4) is 0 Å². The highest BCUT2D eigenvalue weighted by Crippen LogP contribution is 2.12. The molecule has 32 heavy (non-hydrogen) atoms. The van der Waals surface area contributed by atoms with E-state index in [1.165, 1.54) is 25.7 Å². The Bertz CT molecular complexity index is 441. The molecule has 0 radical (unpaired) electrons. The fourth-order valence-corrected chi connectivity index (χ4v) is 2.31. The quantitative estimate of drug-likeness (QED) is 0.141. The lowest BCUT2D eigenvalue weighted by atomic mass is 10.0. The zero-order chi connectivity index (χ0) is 24.3. The van der Waals surface area contributed by atoms with Crippen molar-refractivity contribution in [1.29, 1.82) is 0 Å². The van der Waals surface area contributed by atoms with E-state index in [1.54, 1.807) is 0 Å². The molecule has 11 nitrogen and oxygen atoms in total. The van der Waals surface area contributed by atoms with Gasteiger partial charge in [-0.05, 0) is 12.3 Å². The molecule has 3 N–H and O–H groups in total. The standard InChI is InChI=1S/C20H42O7.H2O4S/c1-3-5-6-20(4-2)19-27-18-17-26-16-15-25-14-13-24-12-11-23-10-9-22-8-7-21;1-5(2,3)4/h20-21H,3-19H2,1-2H3;(H2,1,2,3,4). The average molecular weight is 493 g/mol. The third-order valence-corrected chi connectivity index (χ3v) is 3.99. The molecule has 1 unspecified atom stereocenters. The van der Waals surface area contributed by atoms with E-state index in [9.17, 15) is 0 Å². The van der Waals surface area contributed by atoms with Crippen LogP contribution in [0.25, 0.3) is 0 Å². The predicted molar refractivity (Wildman–Crippen MR) is 119 cm³/mol. The summed E-state index contributed by atoms with van der Waals surface area (Å²) in [5.74, 6) is 0.679. The van der Waals surface area contributed by atoms with E-state index in [4.69, 9.17) is 51.1 Å². The molecule has 0 aliphatic rings. The molecule has 0 heterocycles. The Balaban J connectivity index is 0. The fraction of sp³-hybridized carbons (Fsp3) is 1.00. The van der Waals surface area contributed by atoms with Crippen molar-refractivity contribution < 1.29 is 51.1 Å². The number of rotatable bonds is 23. The van der Waals surface area contributed by atoms with E-state index in [2.05, 4.69) is 13.8 Å². The summed E-state index contributed by atoms with van der Waals surface area (Å²) in [6, 6.07) is 0. The second kappa shape index (κ2) is 26.8. The van der Waals surface area contributed by atoms with Gasteiger partial charge in [-0.2, -0.15) is 8.42 Å². The Morgan fingerprint density at radius 2 is 1.00 bits per heavy atom. The minimum atomic E-state index is -4.67. The first kappa shape index (κ1) is 33.8. The smallest absolute Gasteiger partial charge is 0.394 e. The van der Waals surface area contributed by atoms with E-state index in [-0.39, 0.29) is 6.61 Å². The van der Waals surface area contributed by atoms with Gasteiger partial charge in [-0.15, -0.1) is 0 Å². The molecule has 12 heteroatoms. The first-order valence-corrected chi connectivity index (χ1v) is 12.5. The highest BCUT2D eigenvalue weighted by atomic mass is 32.3. The number of aliphatic hydroxyl groups excluding tert-OH is 1. The van der Waals surface area contributed by atoms with Crippen molar-refractivity contribution in [3.8, 4) is 0 Å². The van der Waals surface area contributed by atoms with Crippen LogP contribution in [0.4, 0.5) is 0 Å². The molecule has 0 saturated heterocycles. The van der Waals surface area contributed by atoms with Crippen LogP contribution in [0, 0.1) is 5.92 Å². The molecular formula is C20H44O11S. The number of ether oxygens (including phenoxy) is 6. The molecule has 1 atom stereocenters. The van der Waals surface area contributed by atoms with E-state index >= 15 is 0 Å². The molecule has 0 aromatic rings. The molecule has 0 bridgehead atoms. The summed E-state index contributed by atoms with van der Waals surface area (Å²) >= 11 is 0. The highest BCUT2D eigenvalue weighted by Gasteiger charge is 2.05. The molecule has 196 valence electrons. The lowest BCUT2D eigenvalue weighted by Gasteiger charge is -2.14. The Morgan fingerprint density at radius 3 is 1.31 bits per heavy atom. The Hall–Kier alpha value is -0.410. The minimum Gasteiger partial charge on any atom is -0.394 e. The predicted octanol–water partition coefficient (Wildman–Crippen LogP) is 1.64. The Morgan fingerprint density at radius 1 is 0.656 bits per heavy atom. The van der Waals surface area contributed by atoms with E-state index in [1.807, 2.05) is 0 Å². The van der Waals surface area contributed by atoms with Crippen LogP contribution in [0.5, 0.6) is 0 Å². The molecule has 0 aromatic carbocycles. The third-order valence-electron chi connectivity index (χ3n) is 3.99. The van der Waals surface area contributed by atoms with Gasteiger partial charge in [0, 0.05) is 6.61 Å². The zero-order valence-corrected chi connectivity index (χ0v) is 20.4. The summed E-state index contributed by atoms with van der Waals surface area (Å²) in [5.41, 5.74) is 0. The van der Waals surface area contributed by atoms with Crippen molar-refractivity contribution in [2.24, 2.45) is 5.92 Å². The molecule has 0 fully saturated rings. The van der Waals surface area contributed by atoms with Crippen molar-refractivity contribution in [3.05, 3.63) is 0 Å². The number of hydrogen-bond acceptors (Lipinski definition) is 9. The summed E-state index contributed by atoms with van der Waals surface area (Å²) in [6.45, 7) is 11.3. The van der Waals surface area contributed by atoms with Gasteiger partial charge in [-0.25, -0.2) is 0 Å². The zero-order valence-electron chi connectivity index (χ0n) is 19.6. The van der Waals surface area contributed by atoms with Crippen LogP contribution >= 0.6 is 0 Å². The molecule has 0 amide bonds. The van der Waals surface area contributed by atoms with Crippen LogP contribution in [0.2, 0.25) is 0 Å². The third kappa shape index (κ3) is 36.9. The SMILES string of the molecule is CCCCC(CC)COCCOCCOCCOCCOCCOCCO.O=S(=O)(O)O. The molecule has 0 saturated carbocycles. The van der Waals surface area contributed by atoms with Crippen molar-refractivity contribution in [2.75, 3.05) is 85.9 Å². The van der Waals surface area contributed by atoms with Gasteiger partial charge in [0.1, 0.15) is 0 Å². The molecular weight excluding hydrogens is 448 g/mol. The molecule has 0 aliphatic carbocycles. The van der Waals surface area contributed by atoms with Crippen LogP contribution in [0.1, 0.15) is 39.5 Å². The van der Waals surface area contributed by atoms with Crippen molar-refractivity contribution in [2.45, 2.75) is 39.5 Å². The van der Waals surface area contributed by atoms with E-state index < -0.39 is 10.4 Å². The largest absolute Gasteiger partial charge is 0.394 e. The average Bonchev–Trinajstić information content (AvgIpc) is 2.73. The number of aliphatic hydroxyl groups is 1. The first-order valence-electron chi connectivity index (χ1n) is 11.1. The maximum absolute atomic E-state index is 8.74. The summed E-state index contributed by atoms with van der Waals surface area (Å²) in [6.07, 6.45) is 4.98. The summed E-state index contributed by atoms with van der Waals surface area (Å²) in [5, 5.41) is 8.53. The van der Waals surface area contributed by atoms with Crippen LogP contribution in [-0.2, 0) is 38.8 Å². The normalized spacial score (nSPS) is 12.4. The maximum atomic E-state index is 8.74. The van der Waals surface area contributed by atoms with Crippen molar-refractivity contribution in [1.82, 2.24) is 0 Å². The molecule has 0 aromatic heterocycles. The van der Waals surface area contributed by atoms with Gasteiger partial charge < -0.3 is 33.5 Å². The van der Waals surface area contributed by atoms with Gasteiger partial charge in [0.2, 0.25) is 0 Å². The Labute approximate surface area is 193 Å². The monoisotopic (exact) mass is 492 g/mol. The maximum Gasteiger partial charge on any atom is 0.394 e. The topological polar surface area (TPSA) is 150 Å². The lowest BCUT2D eigenvalue weighted by Crippen LogP contribution is -2.15. The number of unbranched alkanes of at least 4 members (excludes halogenated alkanes) is 1. The van der Waals surface area contributed by atoms with E-state index in [0.29, 0.717) is 78.6 Å². The molecule has 0 aliphatic heterocycles. The van der Waals surface area contributed by atoms with Crippen molar-refractivity contribution >= 4 is 10.4 Å². The van der Waals surface area contributed by atoms with Crippen LogP contribution in [0.15, 0.2) is 0 Å². The number of hydrogen-bond donors (Lipinski definition) is 3. The molecule has 0 spiro atoms. The van der Waals surface area contributed by atoms with Gasteiger partial charge >= 0.3 is 10.4 Å². The Kier molecular flexibility index (Phi) is 28.3. The van der Waals surface area contributed by atoms with Gasteiger partial charge in [0.25, 0.3) is 0 Å². The summed E-state index contributed by atoms with van der Waals surface area (Å²) in [7, 11) is -4.67. The molecule has 0 rings (SSSR count). The van der Waals surface area contributed by atoms with Gasteiger partial charge in [-0.1, -0.05) is 33.1 Å². The van der Waals surface area contributed by atoms with Crippen LogP contribution < -0.4 is 0 Å². The van der Waals surface area contributed by atoms with Gasteiger partial charge in [0.05, 0.1) is 79.3 Å². The fourth-order valence-electron chi connectivity index (χ4n) is 2.31. The minimum absolute atomic E-state index is 0.0421. The van der Waals surface area contributed by atoms with Gasteiger partial charge in [0.15, 0.2) is 0 Å². The second-order valence-electron chi connectivity index (χ2n) is 6.72. The highest BCUT2D eigenvalue weighted by molar-refractivity contribution is 7.79. The first-order chi connectivity index (χ1) is 15.3. The lowest BCUT2D eigenvalue weighted by molar-refractivity contribution is -0.0198. The summed E-state index contributed by atoms with van der Waals surface area (Å²) < 4.78 is 64.0. The van der Waals surface area contributed by atoms with Gasteiger partial charge in [-0.3, -0.25) is 9.11 Å².